The van der Waals surface area contributed by atoms with Gasteiger partial charge in [-0.3, -0.25) is 4.68 Å². The van der Waals surface area contributed by atoms with E-state index in [-0.39, 0.29) is 18.0 Å². The molecule has 2 N–H and O–H groups in total. The van der Waals surface area contributed by atoms with Crippen LogP contribution in [0.1, 0.15) is 5.56 Å². The minimum absolute atomic E-state index is 0.125. The van der Waals surface area contributed by atoms with E-state index in [1.807, 2.05) is 0 Å². The van der Waals surface area contributed by atoms with Gasteiger partial charge in [0, 0.05) is 5.02 Å². The summed E-state index contributed by atoms with van der Waals surface area (Å²) in [4.78, 5) is 0. The van der Waals surface area contributed by atoms with Crippen LogP contribution in [0, 0.1) is 5.82 Å². The van der Waals surface area contributed by atoms with Gasteiger partial charge in [-0.2, -0.15) is 5.10 Å². The highest BCUT2D eigenvalue weighted by Crippen LogP contribution is 2.20. The molecule has 7 heteroatoms. The van der Waals surface area contributed by atoms with Gasteiger partial charge in [0.15, 0.2) is 5.75 Å². The van der Waals surface area contributed by atoms with E-state index in [1.54, 1.807) is 23.1 Å². The molecule has 0 aliphatic carbocycles. The zero-order chi connectivity index (χ0) is 14.8. The van der Waals surface area contributed by atoms with Crippen LogP contribution in [0.2, 0.25) is 5.02 Å². The third-order valence-corrected chi connectivity index (χ3v) is 3.67. The monoisotopic (exact) mass is 311 g/mol. The lowest BCUT2D eigenvalue weighted by molar-refractivity contribution is 0.140. The number of hydrogen-bond acceptors (Lipinski definition) is 4. The number of halogens is 2. The van der Waals surface area contributed by atoms with Crippen molar-refractivity contribution in [3.8, 4) is 5.75 Å². The van der Waals surface area contributed by atoms with E-state index in [2.05, 4.69) is 5.10 Å². The van der Waals surface area contributed by atoms with Crippen LogP contribution in [0.5, 0.6) is 5.75 Å². The number of nitrogens with zero attached hydrogens (tertiary/aromatic N) is 2. The number of benzene rings is 1. The summed E-state index contributed by atoms with van der Waals surface area (Å²) in [5, 5.41) is 4.57. The molecule has 0 spiro atoms. The van der Waals surface area contributed by atoms with Crippen LogP contribution < -0.4 is 10.5 Å². The molecule has 2 heterocycles. The highest BCUT2D eigenvalue weighted by molar-refractivity contribution is 6.31. The first-order chi connectivity index (χ1) is 10.1. The largest absolute Gasteiger partial charge is 0.483 e. The highest BCUT2D eigenvalue weighted by Gasteiger charge is 2.26. The molecule has 1 fully saturated rings. The summed E-state index contributed by atoms with van der Waals surface area (Å²) in [5.41, 5.74) is 6.65. The maximum Gasteiger partial charge on any atom is 0.157 e. The fraction of sp³-hybridized carbons (Fsp3) is 0.357. The van der Waals surface area contributed by atoms with Gasteiger partial charge in [-0.05, 0) is 17.7 Å². The molecule has 1 saturated heterocycles. The Labute approximate surface area is 126 Å². The molecule has 1 aromatic heterocycles. The van der Waals surface area contributed by atoms with Crippen molar-refractivity contribution in [3.63, 3.8) is 0 Å². The zero-order valence-electron chi connectivity index (χ0n) is 11.2. The Hall–Kier alpha value is -1.63. The van der Waals surface area contributed by atoms with E-state index >= 15 is 0 Å². The minimum atomic E-state index is -0.358. The summed E-state index contributed by atoms with van der Waals surface area (Å²) in [6, 6.07) is 4.17. The summed E-state index contributed by atoms with van der Waals surface area (Å²) in [6.45, 7) is 1.43. The van der Waals surface area contributed by atoms with E-state index < -0.39 is 0 Å². The molecule has 2 atom stereocenters. The molecule has 21 heavy (non-hydrogen) atoms. The predicted octanol–water partition coefficient (Wildman–Crippen LogP) is 1.83. The Kier molecular flexibility index (Phi) is 4.10. The molecule has 0 amide bonds. The Balaban J connectivity index is 1.67. The van der Waals surface area contributed by atoms with Gasteiger partial charge in [0.2, 0.25) is 0 Å². The van der Waals surface area contributed by atoms with Crippen molar-refractivity contribution in [1.29, 1.82) is 0 Å². The van der Waals surface area contributed by atoms with Crippen LogP contribution in [0.3, 0.4) is 0 Å². The summed E-state index contributed by atoms with van der Waals surface area (Å²) in [7, 11) is 0. The van der Waals surface area contributed by atoms with Gasteiger partial charge in [-0.25, -0.2) is 4.39 Å². The van der Waals surface area contributed by atoms with Gasteiger partial charge in [0.05, 0.1) is 38.2 Å². The molecule has 112 valence electrons. The van der Waals surface area contributed by atoms with Crippen molar-refractivity contribution in [2.24, 2.45) is 5.73 Å². The molecule has 0 bridgehead atoms. The van der Waals surface area contributed by atoms with Gasteiger partial charge >= 0.3 is 0 Å². The number of rotatable bonds is 4. The maximum atomic E-state index is 13.0. The Morgan fingerprint density at radius 3 is 3.05 bits per heavy atom. The minimum Gasteiger partial charge on any atom is -0.483 e. The molecular weight excluding hydrogens is 297 g/mol. The van der Waals surface area contributed by atoms with Crippen molar-refractivity contribution in [1.82, 2.24) is 9.78 Å². The van der Waals surface area contributed by atoms with E-state index in [9.17, 15) is 4.39 Å². The topological polar surface area (TPSA) is 62.3 Å². The fourth-order valence-corrected chi connectivity index (χ4v) is 2.39. The summed E-state index contributed by atoms with van der Waals surface area (Å²) in [5.74, 6) is 0.266. The van der Waals surface area contributed by atoms with Crippen molar-refractivity contribution >= 4 is 11.6 Å². The summed E-state index contributed by atoms with van der Waals surface area (Å²) < 4.78 is 25.6. The highest BCUT2D eigenvalue weighted by atomic mass is 35.5. The van der Waals surface area contributed by atoms with Gasteiger partial charge in [-0.1, -0.05) is 17.7 Å². The second kappa shape index (κ2) is 6.01. The van der Waals surface area contributed by atoms with Crippen LogP contribution in [0.4, 0.5) is 4.39 Å². The average molecular weight is 312 g/mol. The summed E-state index contributed by atoms with van der Waals surface area (Å²) >= 11 is 6.00. The lowest BCUT2D eigenvalue weighted by atomic mass is 10.2. The lowest BCUT2D eigenvalue weighted by Crippen LogP contribution is -2.37. The zero-order valence-corrected chi connectivity index (χ0v) is 12.0. The standard InChI is InChI=1S/C14H15ClFN3O2/c15-12-3-10(16)2-1-9(12)5-19-6-11(4-18-19)21-14-8-20-7-13(14)17/h1-4,6,13-14H,5,7-8,17H2/t13-,14+/m0/s1. The van der Waals surface area contributed by atoms with Gasteiger partial charge in [0.1, 0.15) is 11.9 Å². The van der Waals surface area contributed by atoms with Crippen molar-refractivity contribution in [3.05, 3.63) is 47.0 Å². The summed E-state index contributed by atoms with van der Waals surface area (Å²) in [6.07, 6.45) is 3.21. The van der Waals surface area contributed by atoms with Crippen LogP contribution in [-0.2, 0) is 11.3 Å². The van der Waals surface area contributed by atoms with Crippen LogP contribution in [0.15, 0.2) is 30.6 Å². The Bertz CT molecular complexity index is 634. The second-order valence-electron chi connectivity index (χ2n) is 4.97. The number of ether oxygens (including phenoxy) is 2. The normalized spacial score (nSPS) is 21.7. The molecular formula is C14H15ClFN3O2. The van der Waals surface area contributed by atoms with Gasteiger partial charge < -0.3 is 15.2 Å². The Morgan fingerprint density at radius 1 is 1.48 bits per heavy atom. The third-order valence-electron chi connectivity index (χ3n) is 3.31. The molecule has 2 aromatic rings. The van der Waals surface area contributed by atoms with Crippen molar-refractivity contribution in [2.75, 3.05) is 13.2 Å². The first-order valence-electron chi connectivity index (χ1n) is 6.58. The first-order valence-corrected chi connectivity index (χ1v) is 6.96. The quantitative estimate of drug-likeness (QED) is 0.935. The number of hydrogen-bond donors (Lipinski definition) is 1. The predicted molar refractivity (Wildman–Crippen MR) is 75.9 cm³/mol. The molecule has 1 aliphatic rings. The molecule has 0 unspecified atom stereocenters. The molecule has 5 nitrogen and oxygen atoms in total. The van der Waals surface area contributed by atoms with E-state index in [4.69, 9.17) is 26.8 Å². The lowest BCUT2D eigenvalue weighted by Gasteiger charge is -2.13. The van der Waals surface area contributed by atoms with Crippen LogP contribution in [-0.4, -0.2) is 35.1 Å². The SMILES string of the molecule is N[C@H]1COC[C@H]1Oc1cnn(Cc2ccc(F)cc2Cl)c1. The van der Waals surface area contributed by atoms with E-state index in [0.29, 0.717) is 30.5 Å². The van der Waals surface area contributed by atoms with Gasteiger partial charge in [-0.15, -0.1) is 0 Å². The number of aromatic nitrogens is 2. The third kappa shape index (κ3) is 3.34. The average Bonchev–Trinajstić information content (AvgIpc) is 3.04. The number of nitrogens with two attached hydrogens (primary N) is 1. The van der Waals surface area contributed by atoms with Crippen molar-refractivity contribution in [2.45, 2.75) is 18.7 Å². The fourth-order valence-electron chi connectivity index (χ4n) is 2.16. The van der Waals surface area contributed by atoms with E-state index in [1.165, 1.54) is 12.1 Å². The molecule has 0 radical (unpaired) electrons. The van der Waals surface area contributed by atoms with Crippen LogP contribution in [0.25, 0.3) is 0 Å². The smallest absolute Gasteiger partial charge is 0.157 e. The molecule has 0 saturated carbocycles. The second-order valence-corrected chi connectivity index (χ2v) is 5.37. The van der Waals surface area contributed by atoms with Crippen LogP contribution >= 0.6 is 11.6 Å². The van der Waals surface area contributed by atoms with Gasteiger partial charge in [0.25, 0.3) is 0 Å². The Morgan fingerprint density at radius 2 is 2.33 bits per heavy atom. The molecule has 1 aromatic carbocycles. The van der Waals surface area contributed by atoms with Crippen molar-refractivity contribution < 1.29 is 13.9 Å². The first kappa shape index (κ1) is 14.3. The molecule has 3 rings (SSSR count). The molecule has 1 aliphatic heterocycles. The van der Waals surface area contributed by atoms with E-state index in [0.717, 1.165) is 5.56 Å². The maximum absolute atomic E-state index is 13.0.